The van der Waals surface area contributed by atoms with Gasteiger partial charge in [0.25, 0.3) is 0 Å². The zero-order chi connectivity index (χ0) is 28.7. The van der Waals surface area contributed by atoms with Gasteiger partial charge in [-0.05, 0) is 92.3 Å². The van der Waals surface area contributed by atoms with Gasteiger partial charge in [0.1, 0.15) is 36.7 Å². The second-order valence-corrected chi connectivity index (χ2v) is 11.5. The monoisotopic (exact) mass is 545 g/mol. The summed E-state index contributed by atoms with van der Waals surface area (Å²) in [6, 6.07) is 17.7. The van der Waals surface area contributed by atoms with Crippen LogP contribution in [0, 0.1) is 6.92 Å². The average Bonchev–Trinajstić information content (AvgIpc) is 2.91. The first-order chi connectivity index (χ1) is 18.9. The van der Waals surface area contributed by atoms with Gasteiger partial charge in [0.2, 0.25) is 0 Å². The molecule has 1 unspecified atom stereocenters. The molecule has 2 heterocycles. The predicted molar refractivity (Wildman–Crippen MR) is 150 cm³/mol. The van der Waals surface area contributed by atoms with E-state index < -0.39 is 23.2 Å². The van der Waals surface area contributed by atoms with Gasteiger partial charge >= 0.3 is 12.1 Å². The van der Waals surface area contributed by atoms with Crippen LogP contribution in [0.3, 0.4) is 0 Å². The number of benzene rings is 3. The summed E-state index contributed by atoms with van der Waals surface area (Å²) in [6.07, 6.45) is -0.477. The number of aliphatic carboxylic acids is 1. The largest absolute Gasteiger partial charge is 0.489 e. The molecule has 0 spiro atoms. The van der Waals surface area contributed by atoms with Gasteiger partial charge in [-0.1, -0.05) is 30.3 Å². The lowest BCUT2D eigenvalue weighted by Crippen LogP contribution is -2.59. The molecule has 0 fully saturated rings. The maximum Gasteiger partial charge on any atom is 0.411 e. The summed E-state index contributed by atoms with van der Waals surface area (Å²) in [6.45, 7) is 10.5. The van der Waals surface area contributed by atoms with E-state index in [1.54, 1.807) is 27.7 Å². The van der Waals surface area contributed by atoms with E-state index in [1.165, 1.54) is 4.90 Å². The first kappa shape index (κ1) is 27.4. The Labute approximate surface area is 234 Å². The van der Waals surface area contributed by atoms with Crippen molar-refractivity contribution in [2.24, 2.45) is 0 Å². The molecule has 8 nitrogen and oxygen atoms in total. The third-order valence-corrected chi connectivity index (χ3v) is 7.40. The SMILES string of the molecule is Cc1c(COc2ccc3c(c2)CN(C(=O)OC(C)(C)C)C(C)(C(=O)O)C3)cccc1-c1ccc2c(c1)OCCO2. The van der Waals surface area contributed by atoms with Crippen molar-refractivity contribution in [3.63, 3.8) is 0 Å². The molecule has 1 atom stereocenters. The fraction of sp³-hybridized carbons (Fsp3) is 0.375. The maximum atomic E-state index is 13.0. The molecule has 3 aromatic carbocycles. The first-order valence-corrected chi connectivity index (χ1v) is 13.4. The Morgan fingerprint density at radius 1 is 1.00 bits per heavy atom. The first-order valence-electron chi connectivity index (χ1n) is 13.4. The van der Waals surface area contributed by atoms with Crippen molar-refractivity contribution in [3.8, 4) is 28.4 Å². The van der Waals surface area contributed by atoms with Crippen LogP contribution in [0.1, 0.15) is 49.9 Å². The summed E-state index contributed by atoms with van der Waals surface area (Å²) >= 11 is 0. The summed E-state index contributed by atoms with van der Waals surface area (Å²) in [5.74, 6) is 1.08. The van der Waals surface area contributed by atoms with Crippen molar-refractivity contribution in [3.05, 3.63) is 76.9 Å². The highest BCUT2D eigenvalue weighted by atomic mass is 16.6. The predicted octanol–water partition coefficient (Wildman–Crippen LogP) is 6.15. The van der Waals surface area contributed by atoms with Crippen LogP contribution >= 0.6 is 0 Å². The van der Waals surface area contributed by atoms with Gasteiger partial charge in [0, 0.05) is 6.42 Å². The summed E-state index contributed by atoms with van der Waals surface area (Å²) in [4.78, 5) is 26.5. The fourth-order valence-electron chi connectivity index (χ4n) is 5.12. The quantitative estimate of drug-likeness (QED) is 0.411. The van der Waals surface area contributed by atoms with Crippen molar-refractivity contribution in [2.75, 3.05) is 13.2 Å². The highest BCUT2D eigenvalue weighted by molar-refractivity contribution is 5.85. The molecule has 2 aliphatic heterocycles. The third-order valence-electron chi connectivity index (χ3n) is 7.40. The minimum absolute atomic E-state index is 0.114. The number of nitrogens with zero attached hydrogens (tertiary/aromatic N) is 1. The molecule has 0 radical (unpaired) electrons. The minimum Gasteiger partial charge on any atom is -0.489 e. The molecule has 1 N–H and O–H groups in total. The summed E-state index contributed by atoms with van der Waals surface area (Å²) in [5.41, 5.74) is 3.82. The van der Waals surface area contributed by atoms with Crippen molar-refractivity contribution in [1.82, 2.24) is 4.90 Å². The van der Waals surface area contributed by atoms with Crippen molar-refractivity contribution < 1.29 is 33.6 Å². The molecule has 0 bridgehead atoms. The number of hydrogen-bond donors (Lipinski definition) is 1. The Morgan fingerprint density at radius 2 is 1.75 bits per heavy atom. The van der Waals surface area contributed by atoms with Crippen LogP contribution < -0.4 is 14.2 Å². The van der Waals surface area contributed by atoms with E-state index in [-0.39, 0.29) is 13.0 Å². The molecule has 1 amide bonds. The number of fused-ring (bicyclic) bond motifs is 2. The van der Waals surface area contributed by atoms with Crippen LogP contribution in [-0.4, -0.2) is 46.4 Å². The average molecular weight is 546 g/mol. The lowest BCUT2D eigenvalue weighted by Gasteiger charge is -2.42. The van der Waals surface area contributed by atoms with Gasteiger partial charge in [0.15, 0.2) is 11.5 Å². The fourth-order valence-corrected chi connectivity index (χ4v) is 5.12. The van der Waals surface area contributed by atoms with Crippen LogP contribution in [0.2, 0.25) is 0 Å². The standard InChI is InChI=1S/C32H35NO7/c1-20-23(7-6-8-26(20)21-10-12-27-28(16-21)38-14-13-37-27)19-39-25-11-9-22-17-32(5,29(34)35)33(18-24(22)15-25)30(36)40-31(2,3)4/h6-12,15-16H,13-14,17-19H2,1-5H3,(H,34,35). The number of rotatable bonds is 5. The van der Waals surface area contributed by atoms with Crippen LogP contribution in [-0.2, 0) is 29.1 Å². The topological polar surface area (TPSA) is 94.5 Å². The summed E-state index contributed by atoms with van der Waals surface area (Å²) in [5, 5.41) is 10.0. The molecular weight excluding hydrogens is 510 g/mol. The number of carboxylic acids is 1. The number of amides is 1. The highest BCUT2D eigenvalue weighted by Gasteiger charge is 2.47. The van der Waals surface area contributed by atoms with Crippen LogP contribution in [0.5, 0.6) is 17.2 Å². The Balaban J connectivity index is 1.35. The molecule has 5 rings (SSSR count). The number of carboxylic acid groups (broad SMARTS) is 1. The third kappa shape index (κ3) is 5.43. The summed E-state index contributed by atoms with van der Waals surface area (Å²) < 4.78 is 23.2. The van der Waals surface area contributed by atoms with E-state index in [2.05, 4.69) is 13.0 Å². The Bertz CT molecular complexity index is 1460. The zero-order valence-corrected chi connectivity index (χ0v) is 23.6. The number of carbonyl (C=O) groups excluding carboxylic acids is 1. The Morgan fingerprint density at radius 3 is 2.48 bits per heavy atom. The van der Waals surface area contributed by atoms with Gasteiger partial charge in [0.05, 0.1) is 6.54 Å². The molecule has 0 aromatic heterocycles. The molecule has 0 aliphatic carbocycles. The van der Waals surface area contributed by atoms with E-state index in [0.29, 0.717) is 25.6 Å². The van der Waals surface area contributed by atoms with Crippen molar-refractivity contribution in [2.45, 2.75) is 65.3 Å². The van der Waals surface area contributed by atoms with E-state index in [9.17, 15) is 14.7 Å². The van der Waals surface area contributed by atoms with Crippen LogP contribution in [0.15, 0.2) is 54.6 Å². The molecule has 2 aliphatic rings. The molecule has 0 saturated heterocycles. The van der Waals surface area contributed by atoms with Crippen molar-refractivity contribution in [1.29, 1.82) is 0 Å². The smallest absolute Gasteiger partial charge is 0.411 e. The molecule has 0 saturated carbocycles. The Hall–Kier alpha value is -4.20. The van der Waals surface area contributed by atoms with Gasteiger partial charge in [-0.25, -0.2) is 9.59 Å². The van der Waals surface area contributed by atoms with E-state index >= 15 is 0 Å². The second kappa shape index (κ2) is 10.4. The highest BCUT2D eigenvalue weighted by Crippen LogP contribution is 2.37. The molecule has 8 heteroatoms. The van der Waals surface area contributed by atoms with Gasteiger partial charge in [-0.2, -0.15) is 0 Å². The summed E-state index contributed by atoms with van der Waals surface area (Å²) in [7, 11) is 0. The van der Waals surface area contributed by atoms with Gasteiger partial charge in [-0.3, -0.25) is 4.90 Å². The number of hydrogen-bond acceptors (Lipinski definition) is 6. The lowest BCUT2D eigenvalue weighted by molar-refractivity contribution is -0.151. The molecule has 210 valence electrons. The maximum absolute atomic E-state index is 13.0. The Kier molecular flexibility index (Phi) is 7.12. The van der Waals surface area contributed by atoms with E-state index in [1.807, 2.05) is 48.5 Å². The molecule has 3 aromatic rings. The zero-order valence-electron chi connectivity index (χ0n) is 23.6. The van der Waals surface area contributed by atoms with Crippen molar-refractivity contribution >= 4 is 12.1 Å². The molecule has 40 heavy (non-hydrogen) atoms. The van der Waals surface area contributed by atoms with Crippen LogP contribution in [0.25, 0.3) is 11.1 Å². The lowest BCUT2D eigenvalue weighted by atomic mass is 9.84. The number of ether oxygens (including phenoxy) is 4. The normalized spacial score (nSPS) is 18.1. The van der Waals surface area contributed by atoms with E-state index in [4.69, 9.17) is 18.9 Å². The van der Waals surface area contributed by atoms with E-state index in [0.717, 1.165) is 44.9 Å². The second-order valence-electron chi connectivity index (χ2n) is 11.5. The minimum atomic E-state index is -1.41. The number of carbonyl (C=O) groups is 2. The van der Waals surface area contributed by atoms with Crippen LogP contribution in [0.4, 0.5) is 4.79 Å². The molecular formula is C32H35NO7. The van der Waals surface area contributed by atoms with Gasteiger partial charge < -0.3 is 24.1 Å². The van der Waals surface area contributed by atoms with Gasteiger partial charge in [-0.15, -0.1) is 0 Å².